The molecule has 0 N–H and O–H groups in total. The largest absolute Gasteiger partial charge is 1.00 e. The van der Waals surface area contributed by atoms with E-state index in [1.54, 1.807) is 18.2 Å². The average molecular weight is 728 g/mol. The molecule has 13 heteroatoms. The summed E-state index contributed by atoms with van der Waals surface area (Å²) in [5.41, 5.74) is -0.695. The van der Waals surface area contributed by atoms with Crippen LogP contribution in [-0.2, 0) is 19.9 Å². The summed E-state index contributed by atoms with van der Waals surface area (Å²) in [6.45, 7) is 0. The van der Waals surface area contributed by atoms with Gasteiger partial charge in [-0.3, -0.25) is 0 Å². The maximum Gasteiger partial charge on any atom is 1.00 e. The summed E-state index contributed by atoms with van der Waals surface area (Å²) in [7, 11) is -4.19. The Kier molecular flexibility index (Phi) is 8.07. The maximum absolute atomic E-state index is 13.1. The van der Waals surface area contributed by atoms with E-state index in [2.05, 4.69) is 63.7 Å². The van der Waals surface area contributed by atoms with Crippen molar-refractivity contribution in [2.75, 3.05) is 0 Å². The fourth-order valence-electron chi connectivity index (χ4n) is 3.78. The van der Waals surface area contributed by atoms with Crippen LogP contribution < -0.4 is 74.1 Å². The Morgan fingerprint density at radius 1 is 0.812 bits per heavy atom. The summed E-state index contributed by atoms with van der Waals surface area (Å²) in [5, 5.41) is 24.8. The van der Waals surface area contributed by atoms with Crippen LogP contribution >= 0.6 is 63.7 Å². The van der Waals surface area contributed by atoms with Crippen LogP contribution in [0.15, 0.2) is 59.2 Å². The first-order valence-electron chi connectivity index (χ1n) is 8.21. The molecule has 0 aliphatic carbocycles. The molecule has 3 aromatic rings. The van der Waals surface area contributed by atoms with Gasteiger partial charge in [-0.05, 0) is 59.9 Å². The molecule has 0 bridgehead atoms. The Hall–Kier alpha value is 0.890. The molecule has 0 aromatic heterocycles. The second-order valence-electron chi connectivity index (χ2n) is 6.57. The standard InChI is InChI=1S/C19H8Br4O6S.2Na/c20-10-3-1-2-8-18(10)30(26,27)29-19(8)7-4-5-12(24)13(22)16(7)28-17-9(19)6-11(21)15(25)14(17)23;;/h1-6,24-25H;;/q;2*+1/p-2. The summed E-state index contributed by atoms with van der Waals surface area (Å²) in [5.74, 6) is -0.596. The third kappa shape index (κ3) is 3.74. The molecule has 1 atom stereocenters. The maximum atomic E-state index is 13.1. The second kappa shape index (κ2) is 9.40. The fourth-order valence-corrected chi connectivity index (χ4v) is 7.84. The zero-order valence-corrected chi connectivity index (χ0v) is 27.5. The van der Waals surface area contributed by atoms with Crippen molar-refractivity contribution in [2.24, 2.45) is 0 Å². The van der Waals surface area contributed by atoms with Crippen LogP contribution in [0.5, 0.6) is 23.0 Å². The van der Waals surface area contributed by atoms with Gasteiger partial charge in [0.15, 0.2) is 5.60 Å². The minimum Gasteiger partial charge on any atom is -0.872 e. The van der Waals surface area contributed by atoms with Crippen molar-refractivity contribution in [2.45, 2.75) is 10.5 Å². The van der Waals surface area contributed by atoms with Crippen molar-refractivity contribution in [1.29, 1.82) is 0 Å². The zero-order chi connectivity index (χ0) is 21.6. The molecule has 1 spiro atoms. The molecular weight excluding hydrogens is 722 g/mol. The Morgan fingerprint density at radius 3 is 2.16 bits per heavy atom. The smallest absolute Gasteiger partial charge is 0.872 e. The molecule has 2 aliphatic heterocycles. The first-order chi connectivity index (χ1) is 14.1. The van der Waals surface area contributed by atoms with Gasteiger partial charge in [0, 0.05) is 25.6 Å². The fraction of sp³-hybridized carbons (Fsp3) is 0.0526. The number of rotatable bonds is 0. The van der Waals surface area contributed by atoms with Gasteiger partial charge < -0.3 is 14.9 Å². The quantitative estimate of drug-likeness (QED) is 0.218. The molecule has 2 aliphatic rings. The molecule has 154 valence electrons. The van der Waals surface area contributed by atoms with Crippen molar-refractivity contribution in [1.82, 2.24) is 0 Å². The summed E-state index contributed by atoms with van der Waals surface area (Å²) in [6.07, 6.45) is 0. The van der Waals surface area contributed by atoms with Crippen LogP contribution in [0, 0.1) is 0 Å². The summed E-state index contributed by atoms with van der Waals surface area (Å²) >= 11 is 13.0. The third-order valence-electron chi connectivity index (χ3n) is 4.99. The minimum atomic E-state index is -4.19. The van der Waals surface area contributed by atoms with Gasteiger partial charge >= 0.3 is 59.1 Å². The number of ether oxygens (including phenoxy) is 1. The van der Waals surface area contributed by atoms with Gasteiger partial charge in [0.05, 0.1) is 8.95 Å². The van der Waals surface area contributed by atoms with E-state index in [-0.39, 0.29) is 94.7 Å². The van der Waals surface area contributed by atoms with Crippen LogP contribution in [0.3, 0.4) is 0 Å². The average Bonchev–Trinajstić information content (AvgIpc) is 2.93. The van der Waals surface area contributed by atoms with Gasteiger partial charge in [0.25, 0.3) is 10.1 Å². The van der Waals surface area contributed by atoms with E-state index in [1.807, 2.05) is 0 Å². The molecule has 6 nitrogen and oxygen atoms in total. The van der Waals surface area contributed by atoms with Crippen LogP contribution in [0.2, 0.25) is 0 Å². The Morgan fingerprint density at radius 2 is 1.47 bits per heavy atom. The number of fused-ring (bicyclic) bond motifs is 6. The monoisotopic (exact) mass is 724 g/mol. The van der Waals surface area contributed by atoms with Crippen LogP contribution in [0.25, 0.3) is 0 Å². The first-order valence-corrected chi connectivity index (χ1v) is 12.8. The molecule has 0 fully saturated rings. The predicted molar refractivity (Wildman–Crippen MR) is 117 cm³/mol. The molecule has 0 amide bonds. The third-order valence-corrected chi connectivity index (χ3v) is 9.38. The van der Waals surface area contributed by atoms with E-state index in [0.29, 0.717) is 21.2 Å². The molecule has 0 saturated heterocycles. The molecule has 32 heavy (non-hydrogen) atoms. The SMILES string of the molecule is O=S1(=O)OC2(c3ccc([O-])c(Br)c3Oc3c2cc(Br)c([O-])c3Br)c2cccc(Br)c21.[Na+].[Na+]. The van der Waals surface area contributed by atoms with Gasteiger partial charge in [-0.15, -0.1) is 0 Å². The summed E-state index contributed by atoms with van der Waals surface area (Å²) < 4.78 is 38.7. The molecule has 0 radical (unpaired) electrons. The van der Waals surface area contributed by atoms with Crippen LogP contribution in [-0.4, -0.2) is 8.42 Å². The number of hydrogen-bond donors (Lipinski definition) is 0. The van der Waals surface area contributed by atoms with Crippen molar-refractivity contribution < 1.29 is 86.7 Å². The normalized spacial score (nSPS) is 19.1. The molecule has 2 heterocycles. The molecule has 5 rings (SSSR count). The Balaban J connectivity index is 0.00000144. The van der Waals surface area contributed by atoms with Gasteiger partial charge in [-0.25, -0.2) is 4.18 Å². The first kappa shape index (κ1) is 27.5. The van der Waals surface area contributed by atoms with Gasteiger partial charge in [0.1, 0.15) is 16.4 Å². The van der Waals surface area contributed by atoms with Crippen molar-refractivity contribution in [3.05, 3.63) is 71.0 Å². The zero-order valence-electron chi connectivity index (χ0n) is 16.3. The molecule has 0 saturated carbocycles. The predicted octanol–water partition coefficient (Wildman–Crippen LogP) is -0.992. The van der Waals surface area contributed by atoms with Crippen molar-refractivity contribution >= 4 is 73.8 Å². The summed E-state index contributed by atoms with van der Waals surface area (Å²) in [4.78, 5) is -0.0235. The van der Waals surface area contributed by atoms with E-state index in [1.165, 1.54) is 18.2 Å². The summed E-state index contributed by atoms with van der Waals surface area (Å²) in [6, 6.07) is 9.18. The Bertz CT molecular complexity index is 1400. The van der Waals surface area contributed by atoms with E-state index >= 15 is 0 Å². The second-order valence-corrected chi connectivity index (χ2v) is 11.3. The Labute approximate surface area is 261 Å². The van der Waals surface area contributed by atoms with Gasteiger partial charge in [-0.1, -0.05) is 51.7 Å². The van der Waals surface area contributed by atoms with Crippen molar-refractivity contribution in [3.8, 4) is 23.0 Å². The number of hydrogen-bond acceptors (Lipinski definition) is 6. The van der Waals surface area contributed by atoms with Gasteiger partial charge in [-0.2, -0.15) is 8.42 Å². The topological polar surface area (TPSA) is 98.7 Å². The molecule has 3 aromatic carbocycles. The van der Waals surface area contributed by atoms with Gasteiger partial charge in [0.2, 0.25) is 0 Å². The number of benzene rings is 3. The van der Waals surface area contributed by atoms with E-state index in [9.17, 15) is 18.6 Å². The molecular formula is C19H6Br4Na2O6S. The molecule has 1 unspecified atom stereocenters. The van der Waals surface area contributed by atoms with E-state index in [4.69, 9.17) is 8.92 Å². The van der Waals surface area contributed by atoms with E-state index < -0.39 is 21.5 Å². The van der Waals surface area contributed by atoms with E-state index in [0.717, 1.165) is 0 Å². The number of halogens is 4. The minimum absolute atomic E-state index is 0. The van der Waals surface area contributed by atoms with Crippen LogP contribution in [0.4, 0.5) is 0 Å². The van der Waals surface area contributed by atoms with Crippen LogP contribution in [0.1, 0.15) is 16.7 Å². The van der Waals surface area contributed by atoms with Crippen molar-refractivity contribution in [3.63, 3.8) is 0 Å².